The van der Waals surface area contributed by atoms with Gasteiger partial charge in [-0.2, -0.15) is 5.10 Å². The first-order chi connectivity index (χ1) is 15.5. The molecule has 4 aromatic rings. The fourth-order valence-electron chi connectivity index (χ4n) is 3.24. The van der Waals surface area contributed by atoms with Crippen molar-refractivity contribution >= 4 is 40.8 Å². The van der Waals surface area contributed by atoms with E-state index in [-0.39, 0.29) is 5.91 Å². The summed E-state index contributed by atoms with van der Waals surface area (Å²) in [6, 6.07) is 11.8. The zero-order chi connectivity index (χ0) is 22.5. The molecule has 0 spiro atoms. The highest BCUT2D eigenvalue weighted by Crippen LogP contribution is 2.29. The zero-order valence-electron chi connectivity index (χ0n) is 17.8. The molecule has 0 aliphatic carbocycles. The Morgan fingerprint density at radius 2 is 2.06 bits per heavy atom. The third-order valence-corrected chi connectivity index (χ3v) is 7.15. The average molecular weight is 486 g/mol. The summed E-state index contributed by atoms with van der Waals surface area (Å²) >= 11 is 8.73. The summed E-state index contributed by atoms with van der Waals surface area (Å²) in [5, 5.41) is 13.3. The van der Waals surface area contributed by atoms with E-state index in [0.717, 1.165) is 33.3 Å². The number of thiazole rings is 1. The summed E-state index contributed by atoms with van der Waals surface area (Å²) in [7, 11) is 1.63. The van der Waals surface area contributed by atoms with E-state index in [1.807, 2.05) is 35.8 Å². The molecule has 0 aliphatic heterocycles. The number of ether oxygens (including phenoxy) is 1. The van der Waals surface area contributed by atoms with E-state index in [0.29, 0.717) is 30.1 Å². The molecule has 0 unspecified atom stereocenters. The molecule has 0 saturated heterocycles. The third kappa shape index (κ3) is 5.32. The molecule has 0 aliphatic rings. The molecule has 3 aromatic heterocycles. The molecule has 0 saturated carbocycles. The van der Waals surface area contributed by atoms with Gasteiger partial charge in [-0.05, 0) is 62.0 Å². The molecular weight excluding hydrogens is 462 g/mol. The maximum atomic E-state index is 12.4. The summed E-state index contributed by atoms with van der Waals surface area (Å²) in [6.07, 6.45) is 1.12. The van der Waals surface area contributed by atoms with Gasteiger partial charge in [-0.15, -0.1) is 22.7 Å². The van der Waals surface area contributed by atoms with Crippen LogP contribution >= 0.6 is 34.9 Å². The number of amides is 1. The Hall–Kier alpha value is -2.82. The molecule has 10 heteroatoms. The van der Waals surface area contributed by atoms with Crippen LogP contribution in [0.25, 0.3) is 22.0 Å². The highest BCUT2D eigenvalue weighted by molar-refractivity contribution is 7.71. The van der Waals surface area contributed by atoms with Crippen molar-refractivity contribution in [1.82, 2.24) is 25.1 Å². The Morgan fingerprint density at radius 3 is 2.78 bits per heavy atom. The Bertz CT molecular complexity index is 1250. The number of aromatic nitrogens is 4. The van der Waals surface area contributed by atoms with Gasteiger partial charge < -0.3 is 10.1 Å². The Labute approximate surface area is 199 Å². The summed E-state index contributed by atoms with van der Waals surface area (Å²) in [4.78, 5) is 19.3. The number of aromatic amines is 1. The molecule has 2 N–H and O–H groups in total. The number of rotatable bonds is 9. The van der Waals surface area contributed by atoms with Crippen molar-refractivity contribution in [1.29, 1.82) is 0 Å². The van der Waals surface area contributed by atoms with E-state index in [1.54, 1.807) is 29.8 Å². The smallest absolute Gasteiger partial charge is 0.221 e. The van der Waals surface area contributed by atoms with Crippen molar-refractivity contribution in [2.75, 3.05) is 13.7 Å². The first-order valence-corrected chi connectivity index (χ1v) is 12.2. The van der Waals surface area contributed by atoms with Crippen molar-refractivity contribution < 1.29 is 9.53 Å². The highest BCUT2D eigenvalue weighted by Gasteiger charge is 2.11. The van der Waals surface area contributed by atoms with Crippen molar-refractivity contribution in [3.63, 3.8) is 0 Å². The number of thiophene rings is 1. The number of carbonyl (C=O) groups excluding carboxylic acids is 1. The molecule has 166 valence electrons. The average Bonchev–Trinajstić information content (AvgIpc) is 3.53. The third-order valence-electron chi connectivity index (χ3n) is 4.90. The van der Waals surface area contributed by atoms with Gasteiger partial charge in [0.2, 0.25) is 5.91 Å². The Morgan fingerprint density at radius 1 is 1.25 bits per heavy atom. The van der Waals surface area contributed by atoms with Crippen LogP contribution in [-0.2, 0) is 17.8 Å². The number of benzene rings is 1. The topological polar surface area (TPSA) is 84.8 Å². The number of carbonyl (C=O) groups is 1. The maximum absolute atomic E-state index is 12.4. The van der Waals surface area contributed by atoms with E-state index in [2.05, 4.69) is 38.0 Å². The second-order valence-corrected chi connectivity index (χ2v) is 9.72. The largest absolute Gasteiger partial charge is 0.497 e. The zero-order valence-corrected chi connectivity index (χ0v) is 20.2. The summed E-state index contributed by atoms with van der Waals surface area (Å²) in [6.45, 7) is 3.06. The number of methoxy groups -OCH3 is 1. The molecule has 3 heterocycles. The van der Waals surface area contributed by atoms with Gasteiger partial charge in [-0.25, -0.2) is 4.98 Å². The minimum Gasteiger partial charge on any atom is -0.497 e. The van der Waals surface area contributed by atoms with Crippen molar-refractivity contribution in [3.05, 3.63) is 56.4 Å². The fraction of sp³-hybridized carbons (Fsp3) is 0.273. The normalized spacial score (nSPS) is 10.9. The highest BCUT2D eigenvalue weighted by atomic mass is 32.1. The van der Waals surface area contributed by atoms with Crippen molar-refractivity contribution in [2.45, 2.75) is 26.3 Å². The van der Waals surface area contributed by atoms with E-state index in [1.165, 1.54) is 4.88 Å². The van der Waals surface area contributed by atoms with Gasteiger partial charge in [0, 0.05) is 35.3 Å². The lowest BCUT2D eigenvalue weighted by atomic mass is 10.2. The SMILES string of the molecule is COc1ccc(-c2n[nH]c(=S)n2CCC(=O)NCCc2ccc(-c3csc(C)n3)s2)cc1. The number of hydrogen-bond acceptors (Lipinski definition) is 7. The van der Waals surface area contributed by atoms with E-state index < -0.39 is 0 Å². The lowest BCUT2D eigenvalue weighted by molar-refractivity contribution is -0.121. The van der Waals surface area contributed by atoms with Gasteiger partial charge in [0.1, 0.15) is 5.75 Å². The minimum absolute atomic E-state index is 0.0133. The molecule has 1 amide bonds. The van der Waals surface area contributed by atoms with E-state index in [9.17, 15) is 4.79 Å². The predicted octanol–water partition coefficient (Wildman–Crippen LogP) is 4.86. The minimum atomic E-state index is -0.0133. The van der Waals surface area contributed by atoms with E-state index in [4.69, 9.17) is 17.0 Å². The molecule has 0 fully saturated rings. The standard InChI is InChI=1S/C22H23N5O2S3/c1-14-24-18(13-31-14)19-8-7-17(32-19)9-11-23-20(28)10-12-27-21(25-26-22(27)30)15-3-5-16(29-2)6-4-15/h3-8,13H,9-12H2,1-2H3,(H,23,28)(H,26,30). The monoisotopic (exact) mass is 485 g/mol. The van der Waals surface area contributed by atoms with Crippen LogP contribution in [-0.4, -0.2) is 39.3 Å². The Balaban J connectivity index is 1.29. The lowest BCUT2D eigenvalue weighted by Gasteiger charge is -2.08. The summed E-state index contributed by atoms with van der Waals surface area (Å²) in [5.74, 6) is 1.46. The number of aryl methyl sites for hydroxylation is 1. The van der Waals surface area contributed by atoms with Crippen LogP contribution in [0.5, 0.6) is 5.75 Å². The number of hydrogen-bond donors (Lipinski definition) is 2. The molecule has 1 aromatic carbocycles. The van der Waals surface area contributed by atoms with Crippen LogP contribution in [0.4, 0.5) is 0 Å². The predicted molar refractivity (Wildman–Crippen MR) is 131 cm³/mol. The van der Waals surface area contributed by atoms with Crippen LogP contribution in [0, 0.1) is 11.7 Å². The van der Waals surface area contributed by atoms with Gasteiger partial charge >= 0.3 is 0 Å². The van der Waals surface area contributed by atoms with Crippen LogP contribution in [0.1, 0.15) is 16.3 Å². The van der Waals surface area contributed by atoms with Crippen molar-refractivity contribution in [3.8, 4) is 27.7 Å². The Kier molecular flexibility index (Phi) is 7.13. The molecule has 7 nitrogen and oxygen atoms in total. The van der Waals surface area contributed by atoms with Gasteiger partial charge in [0.15, 0.2) is 10.6 Å². The molecule has 32 heavy (non-hydrogen) atoms. The molecule has 4 rings (SSSR count). The second-order valence-electron chi connectivity index (χ2n) is 7.10. The maximum Gasteiger partial charge on any atom is 0.221 e. The van der Waals surface area contributed by atoms with Crippen molar-refractivity contribution in [2.24, 2.45) is 0 Å². The van der Waals surface area contributed by atoms with Gasteiger partial charge in [0.25, 0.3) is 0 Å². The summed E-state index contributed by atoms with van der Waals surface area (Å²) < 4.78 is 7.54. The van der Waals surface area contributed by atoms with Gasteiger partial charge in [-0.3, -0.25) is 14.5 Å². The first-order valence-electron chi connectivity index (χ1n) is 10.1. The summed E-state index contributed by atoms with van der Waals surface area (Å²) in [5.41, 5.74) is 1.93. The van der Waals surface area contributed by atoms with Crippen LogP contribution in [0.15, 0.2) is 41.8 Å². The van der Waals surface area contributed by atoms with Gasteiger partial charge in [-0.1, -0.05) is 0 Å². The number of H-pyrrole nitrogens is 1. The van der Waals surface area contributed by atoms with Crippen LogP contribution in [0.3, 0.4) is 0 Å². The molecular formula is C22H23N5O2S3. The van der Waals surface area contributed by atoms with Crippen LogP contribution in [0.2, 0.25) is 0 Å². The number of nitrogens with zero attached hydrogens (tertiary/aromatic N) is 3. The molecule has 0 radical (unpaired) electrons. The first kappa shape index (κ1) is 22.4. The number of nitrogens with one attached hydrogen (secondary N) is 2. The van der Waals surface area contributed by atoms with E-state index >= 15 is 0 Å². The quantitative estimate of drug-likeness (QED) is 0.331. The lowest BCUT2D eigenvalue weighted by Crippen LogP contribution is -2.26. The van der Waals surface area contributed by atoms with Crippen LogP contribution < -0.4 is 10.1 Å². The molecule has 0 bridgehead atoms. The fourth-order valence-corrected chi connectivity index (χ4v) is 5.12. The molecule has 0 atom stereocenters. The second kappa shape index (κ2) is 10.2. The van der Waals surface area contributed by atoms with Gasteiger partial charge in [0.05, 0.1) is 22.7 Å².